The van der Waals surface area contributed by atoms with Gasteiger partial charge in [-0.1, -0.05) is 0 Å². The van der Waals surface area contributed by atoms with Crippen LogP contribution in [-0.2, 0) is 7.05 Å². The molecule has 3 aliphatic rings. The number of rotatable bonds is 5. The summed E-state index contributed by atoms with van der Waals surface area (Å²) in [5, 5.41) is 23.0. The molecule has 2 fully saturated rings. The van der Waals surface area contributed by atoms with E-state index in [9.17, 15) is 9.59 Å². The summed E-state index contributed by atoms with van der Waals surface area (Å²) < 4.78 is 10.5. The fraction of sp³-hybridized carbons (Fsp3) is 0.333. The number of fused-ring (bicyclic) bond motifs is 2. The molecule has 0 radical (unpaired) electrons. The SMILES string of the molecule is Cn1nccc1Nc1ccc2c(c1)C(=O)CC1(CCN(C(=O)c3cc(-c4nnn[nH]4)c4ccn(C5CC5)c4c3)CC1)O2. The molecule has 2 aromatic carbocycles. The number of likely N-dealkylation sites (tertiary alicyclic amines) is 1. The molecule has 0 atom stereocenters. The summed E-state index contributed by atoms with van der Waals surface area (Å²) in [7, 11) is 1.85. The first kappa shape index (κ1) is 24.8. The predicted molar refractivity (Wildman–Crippen MR) is 154 cm³/mol. The summed E-state index contributed by atoms with van der Waals surface area (Å²) in [5.41, 5.74) is 3.19. The number of amides is 1. The molecule has 12 nitrogen and oxygen atoms in total. The fourth-order valence-electron chi connectivity index (χ4n) is 6.32. The number of benzene rings is 2. The third kappa shape index (κ3) is 4.13. The first-order valence-electron chi connectivity index (χ1n) is 14.3. The van der Waals surface area contributed by atoms with Gasteiger partial charge in [-0.3, -0.25) is 14.3 Å². The highest BCUT2D eigenvalue weighted by molar-refractivity contribution is 6.04. The van der Waals surface area contributed by atoms with E-state index in [1.165, 1.54) is 0 Å². The minimum Gasteiger partial charge on any atom is -0.486 e. The third-order valence-electron chi connectivity index (χ3n) is 8.77. The number of nitrogens with zero attached hydrogens (tertiary/aromatic N) is 7. The number of carbonyl (C=O) groups is 2. The van der Waals surface area contributed by atoms with E-state index in [0.717, 1.165) is 40.8 Å². The molecule has 8 rings (SSSR count). The number of aryl methyl sites for hydroxylation is 1. The Labute approximate surface area is 240 Å². The van der Waals surface area contributed by atoms with Gasteiger partial charge in [0.1, 0.15) is 17.2 Å². The molecule has 5 heterocycles. The van der Waals surface area contributed by atoms with Crippen LogP contribution in [0.4, 0.5) is 11.5 Å². The van der Waals surface area contributed by atoms with E-state index in [0.29, 0.717) is 61.1 Å². The number of hydrogen-bond acceptors (Lipinski definition) is 8. The van der Waals surface area contributed by atoms with Gasteiger partial charge in [0.15, 0.2) is 11.6 Å². The number of aromatic amines is 1. The average Bonchev–Trinajstić information content (AvgIpc) is 3.33. The Morgan fingerprint density at radius 3 is 2.69 bits per heavy atom. The summed E-state index contributed by atoms with van der Waals surface area (Å²) in [6, 6.07) is 13.9. The largest absolute Gasteiger partial charge is 0.486 e. The van der Waals surface area contributed by atoms with Crippen molar-refractivity contribution in [3.63, 3.8) is 0 Å². The number of anilines is 2. The van der Waals surface area contributed by atoms with E-state index in [4.69, 9.17) is 4.74 Å². The van der Waals surface area contributed by atoms with Crippen LogP contribution < -0.4 is 10.1 Å². The molecule has 2 aliphatic heterocycles. The van der Waals surface area contributed by atoms with Gasteiger partial charge in [-0.25, -0.2) is 5.10 Å². The van der Waals surface area contributed by atoms with E-state index in [2.05, 4.69) is 47.9 Å². The molecule has 12 heteroatoms. The Morgan fingerprint density at radius 2 is 1.95 bits per heavy atom. The van der Waals surface area contributed by atoms with Crippen molar-refractivity contribution < 1.29 is 14.3 Å². The van der Waals surface area contributed by atoms with Gasteiger partial charge in [0.25, 0.3) is 5.91 Å². The molecule has 5 aromatic rings. The highest BCUT2D eigenvalue weighted by atomic mass is 16.5. The number of tetrazole rings is 1. The molecule has 42 heavy (non-hydrogen) atoms. The number of nitrogens with one attached hydrogen (secondary N) is 2. The van der Waals surface area contributed by atoms with Crippen LogP contribution in [0.3, 0.4) is 0 Å². The number of carbonyl (C=O) groups excluding carboxylic acids is 2. The van der Waals surface area contributed by atoms with Crippen LogP contribution in [0.1, 0.15) is 58.9 Å². The normalized spacial score (nSPS) is 17.8. The van der Waals surface area contributed by atoms with Crippen LogP contribution in [0.5, 0.6) is 5.75 Å². The molecular weight excluding hydrogens is 534 g/mol. The second kappa shape index (κ2) is 9.26. The fourth-order valence-corrected chi connectivity index (χ4v) is 6.32. The lowest BCUT2D eigenvalue weighted by Crippen LogP contribution is -2.52. The molecule has 1 aliphatic carbocycles. The first-order valence-corrected chi connectivity index (χ1v) is 14.3. The quantitative estimate of drug-likeness (QED) is 0.324. The summed E-state index contributed by atoms with van der Waals surface area (Å²) in [5.74, 6) is 1.97. The lowest BCUT2D eigenvalue weighted by molar-refractivity contribution is -0.00569. The van der Waals surface area contributed by atoms with E-state index in [1.54, 1.807) is 10.9 Å². The van der Waals surface area contributed by atoms with Crippen molar-refractivity contribution in [2.24, 2.45) is 7.05 Å². The van der Waals surface area contributed by atoms with Crippen molar-refractivity contribution in [2.75, 3.05) is 18.4 Å². The predicted octanol–water partition coefficient (Wildman–Crippen LogP) is 4.27. The van der Waals surface area contributed by atoms with E-state index in [-0.39, 0.29) is 11.7 Å². The number of ether oxygens (including phenoxy) is 1. The van der Waals surface area contributed by atoms with Crippen LogP contribution in [0.2, 0.25) is 0 Å². The number of aromatic nitrogens is 7. The molecule has 1 spiro atoms. The molecule has 0 bridgehead atoms. The molecule has 3 aromatic heterocycles. The summed E-state index contributed by atoms with van der Waals surface area (Å²) in [4.78, 5) is 29.0. The third-order valence-corrected chi connectivity index (χ3v) is 8.77. The Balaban J connectivity index is 1.02. The Kier molecular flexibility index (Phi) is 5.46. The lowest BCUT2D eigenvalue weighted by Gasteiger charge is -2.44. The van der Waals surface area contributed by atoms with Gasteiger partial charge in [-0.15, -0.1) is 5.10 Å². The number of piperidine rings is 1. The van der Waals surface area contributed by atoms with Crippen molar-refractivity contribution in [2.45, 2.75) is 43.7 Å². The summed E-state index contributed by atoms with van der Waals surface area (Å²) in [6.45, 7) is 1.00. The monoisotopic (exact) mass is 563 g/mol. The van der Waals surface area contributed by atoms with Gasteiger partial charge in [0, 0.05) is 79.0 Å². The van der Waals surface area contributed by atoms with E-state index in [1.807, 2.05) is 48.3 Å². The number of Topliss-reactive ketones (excluding diaryl/α,β-unsaturated/α-hetero) is 1. The standard InChI is InChI=1S/C30H29N9O3/c1-37-27(6-10-31-37)32-19-2-5-26-23(16-19)25(40)17-30(42-26)8-12-38(13-9-30)29(41)18-14-22(28-33-35-36-34-28)21-7-11-39(20-3-4-20)24(21)15-18/h2,5-7,10-11,14-16,20,32H,3-4,8-9,12-13,17H2,1H3,(H,33,34,35,36). The minimum absolute atomic E-state index is 0.0440. The average molecular weight is 564 g/mol. The molecule has 0 unspecified atom stereocenters. The van der Waals surface area contributed by atoms with Crippen LogP contribution in [0.25, 0.3) is 22.3 Å². The summed E-state index contributed by atoms with van der Waals surface area (Å²) in [6.07, 6.45) is 7.53. The summed E-state index contributed by atoms with van der Waals surface area (Å²) >= 11 is 0. The second-order valence-electron chi connectivity index (χ2n) is 11.5. The highest BCUT2D eigenvalue weighted by Gasteiger charge is 2.44. The van der Waals surface area contributed by atoms with Crippen molar-refractivity contribution in [3.8, 4) is 17.1 Å². The first-order chi connectivity index (χ1) is 20.5. The highest BCUT2D eigenvalue weighted by Crippen LogP contribution is 2.42. The topological polar surface area (TPSA) is 136 Å². The van der Waals surface area contributed by atoms with Gasteiger partial charge in [-0.05, 0) is 59.7 Å². The molecule has 1 saturated heterocycles. The number of ketones is 1. The van der Waals surface area contributed by atoms with Crippen molar-refractivity contribution in [1.29, 1.82) is 0 Å². The van der Waals surface area contributed by atoms with Crippen molar-refractivity contribution >= 4 is 34.1 Å². The lowest BCUT2D eigenvalue weighted by atomic mass is 9.82. The zero-order valence-electron chi connectivity index (χ0n) is 23.1. The maximum atomic E-state index is 13.8. The minimum atomic E-state index is -0.612. The molecule has 212 valence electrons. The van der Waals surface area contributed by atoms with Gasteiger partial charge < -0.3 is 19.5 Å². The van der Waals surface area contributed by atoms with E-state index < -0.39 is 5.60 Å². The second-order valence-corrected chi connectivity index (χ2v) is 11.5. The van der Waals surface area contributed by atoms with Crippen LogP contribution in [-0.4, -0.2) is 70.3 Å². The Bertz CT molecular complexity index is 1840. The smallest absolute Gasteiger partial charge is 0.253 e. The van der Waals surface area contributed by atoms with E-state index >= 15 is 0 Å². The molecule has 1 saturated carbocycles. The zero-order chi connectivity index (χ0) is 28.4. The number of hydrogen-bond donors (Lipinski definition) is 2. The molecule has 2 N–H and O–H groups in total. The zero-order valence-corrected chi connectivity index (χ0v) is 23.1. The van der Waals surface area contributed by atoms with Crippen molar-refractivity contribution in [3.05, 3.63) is 66.0 Å². The van der Waals surface area contributed by atoms with Crippen molar-refractivity contribution in [1.82, 2.24) is 39.9 Å². The van der Waals surface area contributed by atoms with Gasteiger partial charge in [-0.2, -0.15) is 5.10 Å². The van der Waals surface area contributed by atoms with Crippen LogP contribution >= 0.6 is 0 Å². The van der Waals surface area contributed by atoms with Crippen LogP contribution in [0, 0.1) is 0 Å². The van der Waals surface area contributed by atoms with Crippen LogP contribution in [0.15, 0.2) is 54.9 Å². The number of H-pyrrole nitrogens is 1. The maximum absolute atomic E-state index is 13.8. The van der Waals surface area contributed by atoms with Gasteiger partial charge in [0.2, 0.25) is 0 Å². The Morgan fingerprint density at radius 1 is 1.10 bits per heavy atom. The Hall–Kier alpha value is -5.00. The molecular formula is C30H29N9O3. The van der Waals surface area contributed by atoms with Gasteiger partial charge in [0.05, 0.1) is 18.2 Å². The maximum Gasteiger partial charge on any atom is 0.253 e. The van der Waals surface area contributed by atoms with Gasteiger partial charge >= 0.3 is 0 Å². The molecule has 1 amide bonds.